The Morgan fingerprint density at radius 2 is 1.91 bits per heavy atom. The fourth-order valence-corrected chi connectivity index (χ4v) is 4.43. The molecule has 120 valence electrons. The van der Waals surface area contributed by atoms with Gasteiger partial charge in [-0.2, -0.15) is 4.31 Å². The number of benzene rings is 1. The van der Waals surface area contributed by atoms with Crippen molar-refractivity contribution < 1.29 is 12.8 Å². The lowest BCUT2D eigenvalue weighted by Gasteiger charge is -2.33. The number of nitrogens with one attached hydrogen (secondary N) is 1. The summed E-state index contributed by atoms with van der Waals surface area (Å²) in [7, 11) is -3.58. The molecule has 0 unspecified atom stereocenters. The average molecular weight is 325 g/mol. The first-order valence-corrected chi connectivity index (χ1v) is 8.72. The topological polar surface area (TPSA) is 86.6 Å². The number of aromatic amines is 1. The molecular formula is C14H19N3O4S. The summed E-state index contributed by atoms with van der Waals surface area (Å²) in [6, 6.07) is 3.07. The smallest absolute Gasteiger partial charge is 0.408 e. The van der Waals surface area contributed by atoms with Crippen molar-refractivity contribution in [2.45, 2.75) is 18.7 Å². The zero-order valence-corrected chi connectivity index (χ0v) is 13.4. The molecule has 1 N–H and O–H groups in total. The zero-order valence-electron chi connectivity index (χ0n) is 12.6. The Balaban J connectivity index is 1.98. The Morgan fingerprint density at radius 3 is 2.55 bits per heavy atom. The van der Waals surface area contributed by atoms with Crippen LogP contribution in [0.3, 0.4) is 0 Å². The molecule has 7 nitrogen and oxygen atoms in total. The minimum absolute atomic E-state index is 0.202. The Kier molecular flexibility index (Phi) is 3.84. The van der Waals surface area contributed by atoms with Crippen LogP contribution < -0.4 is 5.76 Å². The fourth-order valence-electron chi connectivity index (χ4n) is 2.79. The molecule has 0 amide bonds. The number of nitrogens with zero attached hydrogens (tertiary/aromatic N) is 2. The number of hydrogen-bond donors (Lipinski definition) is 1. The Labute approximate surface area is 128 Å². The maximum Gasteiger partial charge on any atom is 0.417 e. The molecule has 2 aromatic rings. The predicted octanol–water partition coefficient (Wildman–Crippen LogP) is 0.756. The van der Waals surface area contributed by atoms with Crippen LogP contribution in [-0.4, -0.2) is 55.3 Å². The van der Waals surface area contributed by atoms with E-state index < -0.39 is 15.8 Å². The first-order valence-electron chi connectivity index (χ1n) is 7.28. The molecule has 0 atom stereocenters. The van der Waals surface area contributed by atoms with Gasteiger partial charge in [-0.25, -0.2) is 13.2 Å². The van der Waals surface area contributed by atoms with Crippen molar-refractivity contribution in [2.24, 2.45) is 0 Å². The highest BCUT2D eigenvalue weighted by atomic mass is 32.2. The second-order valence-electron chi connectivity index (χ2n) is 5.47. The largest absolute Gasteiger partial charge is 0.417 e. The molecule has 1 aromatic heterocycles. The number of aryl methyl sites for hydroxylation is 1. The van der Waals surface area contributed by atoms with Crippen LogP contribution in [0.5, 0.6) is 0 Å². The molecule has 1 aliphatic heterocycles. The minimum atomic E-state index is -3.58. The molecule has 1 fully saturated rings. The number of H-pyrrole nitrogens is 1. The van der Waals surface area contributed by atoms with Crippen LogP contribution >= 0.6 is 0 Å². The Bertz CT molecular complexity index is 845. The van der Waals surface area contributed by atoms with Gasteiger partial charge in [0.15, 0.2) is 5.58 Å². The third-order valence-electron chi connectivity index (χ3n) is 4.11. The summed E-state index contributed by atoms with van der Waals surface area (Å²) in [6.45, 7) is 7.13. The standard InChI is InChI=1S/C14H19N3O4S/c1-3-16-4-6-17(7-5-16)22(19,20)13-9-12-11(8-10(13)2)15-14(18)21-12/h8-9H,3-7H2,1-2H3,(H,15,18). The molecular weight excluding hydrogens is 306 g/mol. The summed E-state index contributed by atoms with van der Waals surface area (Å²) in [4.78, 5) is 16.2. The molecule has 1 aromatic carbocycles. The first kappa shape index (κ1) is 15.3. The summed E-state index contributed by atoms with van der Waals surface area (Å²) >= 11 is 0. The van der Waals surface area contributed by atoms with Crippen molar-refractivity contribution in [3.8, 4) is 0 Å². The number of rotatable bonds is 3. The van der Waals surface area contributed by atoms with E-state index in [0.29, 0.717) is 24.2 Å². The van der Waals surface area contributed by atoms with Gasteiger partial charge >= 0.3 is 5.76 Å². The minimum Gasteiger partial charge on any atom is -0.408 e. The second kappa shape index (κ2) is 5.53. The molecule has 0 bridgehead atoms. The molecule has 8 heteroatoms. The van der Waals surface area contributed by atoms with Gasteiger partial charge in [-0.3, -0.25) is 4.98 Å². The van der Waals surface area contributed by atoms with Gasteiger partial charge in [0.25, 0.3) is 0 Å². The van der Waals surface area contributed by atoms with E-state index in [2.05, 4.69) is 16.8 Å². The van der Waals surface area contributed by atoms with Gasteiger partial charge in [0.05, 0.1) is 10.4 Å². The van der Waals surface area contributed by atoms with E-state index >= 15 is 0 Å². The van der Waals surface area contributed by atoms with Crippen molar-refractivity contribution >= 4 is 21.1 Å². The van der Waals surface area contributed by atoms with E-state index in [1.165, 1.54) is 10.4 Å². The molecule has 2 heterocycles. The predicted molar refractivity (Wildman–Crippen MR) is 82.4 cm³/mol. The number of oxazole rings is 1. The number of hydrogen-bond acceptors (Lipinski definition) is 5. The molecule has 22 heavy (non-hydrogen) atoms. The van der Waals surface area contributed by atoms with Gasteiger partial charge in [0, 0.05) is 32.2 Å². The van der Waals surface area contributed by atoms with Crippen molar-refractivity contribution in [3.63, 3.8) is 0 Å². The van der Waals surface area contributed by atoms with Crippen LogP contribution in [0.15, 0.2) is 26.2 Å². The van der Waals surface area contributed by atoms with E-state index in [9.17, 15) is 13.2 Å². The molecule has 3 rings (SSSR count). The number of piperazine rings is 1. The summed E-state index contributed by atoms with van der Waals surface area (Å²) in [5.41, 5.74) is 1.38. The van der Waals surface area contributed by atoms with Crippen LogP contribution in [-0.2, 0) is 10.0 Å². The normalized spacial score (nSPS) is 18.1. The van der Waals surface area contributed by atoms with Crippen molar-refractivity contribution in [1.82, 2.24) is 14.2 Å². The molecule has 1 saturated heterocycles. The lowest BCUT2D eigenvalue weighted by Crippen LogP contribution is -2.48. The SMILES string of the molecule is CCN1CCN(S(=O)(=O)c2cc3oc(=O)[nH]c3cc2C)CC1. The van der Waals surface area contributed by atoms with E-state index in [-0.39, 0.29) is 10.5 Å². The lowest BCUT2D eigenvalue weighted by atomic mass is 10.2. The summed E-state index contributed by atoms with van der Waals surface area (Å²) in [6.07, 6.45) is 0. The maximum absolute atomic E-state index is 12.8. The van der Waals surface area contributed by atoms with Crippen LogP contribution in [0.2, 0.25) is 0 Å². The highest BCUT2D eigenvalue weighted by Gasteiger charge is 2.29. The van der Waals surface area contributed by atoms with Gasteiger partial charge in [-0.1, -0.05) is 6.92 Å². The summed E-state index contributed by atoms with van der Waals surface area (Å²) in [5.74, 6) is -0.583. The number of sulfonamides is 1. The lowest BCUT2D eigenvalue weighted by molar-refractivity contribution is 0.196. The molecule has 0 radical (unpaired) electrons. The van der Waals surface area contributed by atoms with Gasteiger partial charge in [0.1, 0.15) is 0 Å². The third kappa shape index (κ3) is 2.57. The molecule has 0 aliphatic carbocycles. The molecule has 0 saturated carbocycles. The van der Waals surface area contributed by atoms with Gasteiger partial charge in [0.2, 0.25) is 10.0 Å². The quantitative estimate of drug-likeness (QED) is 0.900. The molecule has 0 spiro atoms. The van der Waals surface area contributed by atoms with Crippen molar-refractivity contribution in [1.29, 1.82) is 0 Å². The van der Waals surface area contributed by atoms with Gasteiger partial charge in [-0.05, 0) is 25.1 Å². The maximum atomic E-state index is 12.8. The number of fused-ring (bicyclic) bond motifs is 1. The fraction of sp³-hybridized carbons (Fsp3) is 0.500. The van der Waals surface area contributed by atoms with Crippen LogP contribution in [0.1, 0.15) is 12.5 Å². The van der Waals surface area contributed by atoms with E-state index in [4.69, 9.17) is 4.42 Å². The summed E-state index contributed by atoms with van der Waals surface area (Å²) in [5, 5.41) is 0. The van der Waals surface area contributed by atoms with Gasteiger partial charge < -0.3 is 9.32 Å². The monoisotopic (exact) mass is 325 g/mol. The third-order valence-corrected chi connectivity index (χ3v) is 6.15. The number of aromatic nitrogens is 1. The van der Waals surface area contributed by atoms with E-state index in [1.54, 1.807) is 13.0 Å². The summed E-state index contributed by atoms with van der Waals surface area (Å²) < 4.78 is 32.1. The van der Waals surface area contributed by atoms with Crippen molar-refractivity contribution in [2.75, 3.05) is 32.7 Å². The first-order chi connectivity index (χ1) is 10.4. The Hall–Kier alpha value is -1.64. The number of likely N-dealkylation sites (N-methyl/N-ethyl adjacent to an activating group) is 1. The van der Waals surface area contributed by atoms with Crippen molar-refractivity contribution in [3.05, 3.63) is 28.2 Å². The molecule has 1 aliphatic rings. The highest BCUT2D eigenvalue weighted by Crippen LogP contribution is 2.25. The van der Waals surface area contributed by atoms with E-state index in [0.717, 1.165) is 19.6 Å². The Morgan fingerprint density at radius 1 is 1.23 bits per heavy atom. The van der Waals surface area contributed by atoms with Crippen LogP contribution in [0, 0.1) is 6.92 Å². The van der Waals surface area contributed by atoms with Gasteiger partial charge in [-0.15, -0.1) is 0 Å². The van der Waals surface area contributed by atoms with E-state index in [1.807, 2.05) is 0 Å². The second-order valence-corrected chi connectivity index (χ2v) is 7.37. The van der Waals surface area contributed by atoms with Crippen LogP contribution in [0.25, 0.3) is 11.1 Å². The average Bonchev–Trinajstić information content (AvgIpc) is 2.85. The zero-order chi connectivity index (χ0) is 15.9. The highest BCUT2D eigenvalue weighted by molar-refractivity contribution is 7.89. The van der Waals surface area contributed by atoms with Crippen LogP contribution in [0.4, 0.5) is 0 Å².